The van der Waals surface area contributed by atoms with E-state index in [4.69, 9.17) is 0 Å². The smallest absolute Gasteiger partial charge is 0.0626 e. The van der Waals surface area contributed by atoms with Crippen molar-refractivity contribution in [3.63, 3.8) is 0 Å². The van der Waals surface area contributed by atoms with Gasteiger partial charge in [0.25, 0.3) is 0 Å². The van der Waals surface area contributed by atoms with E-state index in [9.17, 15) is 0 Å². The molecule has 0 aliphatic carbocycles. The Morgan fingerprint density at radius 2 is 0.800 bits per heavy atom. The molecule has 0 radical (unpaired) electrons. The Morgan fingerprint density at radius 3 is 1.56 bits per heavy atom. The second-order valence-electron chi connectivity index (χ2n) is 14.8. The summed E-state index contributed by atoms with van der Waals surface area (Å²) in [6, 6.07) is 74.0. The Balaban J connectivity index is 1.25. The van der Waals surface area contributed by atoms with Crippen molar-refractivity contribution in [1.29, 1.82) is 0 Å². The molecule has 12 aromatic rings. The van der Waals surface area contributed by atoms with E-state index >= 15 is 0 Å². The molecule has 0 aliphatic heterocycles. The first kappa shape index (κ1) is 30.3. The van der Waals surface area contributed by atoms with Crippen LogP contribution in [0.2, 0.25) is 0 Å². The molecule has 0 saturated heterocycles. The van der Waals surface area contributed by atoms with Crippen LogP contribution in [0, 0.1) is 0 Å². The molecule has 0 fully saturated rings. The van der Waals surface area contributed by atoms with Gasteiger partial charge in [0.15, 0.2) is 0 Å². The zero-order valence-electron chi connectivity index (χ0n) is 30.0. The van der Waals surface area contributed by atoms with E-state index < -0.39 is 0 Å². The van der Waals surface area contributed by atoms with E-state index in [1.54, 1.807) is 0 Å². The summed E-state index contributed by atoms with van der Waals surface area (Å²) >= 11 is 0. The number of hydrogen-bond donors (Lipinski definition) is 0. The lowest BCUT2D eigenvalue weighted by molar-refractivity contribution is 1.19. The van der Waals surface area contributed by atoms with Crippen LogP contribution in [0.15, 0.2) is 200 Å². The first-order chi connectivity index (χ1) is 27.3. The predicted octanol–water partition coefficient (Wildman–Crippen LogP) is 15.0. The van der Waals surface area contributed by atoms with Gasteiger partial charge in [0, 0.05) is 27.2 Å². The molecule has 11 aromatic carbocycles. The van der Waals surface area contributed by atoms with Crippen LogP contribution in [0.25, 0.3) is 115 Å². The lowest BCUT2D eigenvalue weighted by Crippen LogP contribution is -1.97. The molecule has 1 heteroatoms. The van der Waals surface area contributed by atoms with Gasteiger partial charge in [-0.25, -0.2) is 0 Å². The van der Waals surface area contributed by atoms with Gasteiger partial charge in [0.1, 0.15) is 0 Å². The maximum absolute atomic E-state index is 2.54. The number of rotatable bonds is 4. The molecule has 1 nitrogen and oxygen atoms in total. The van der Waals surface area contributed by atoms with Crippen molar-refractivity contribution in [3.8, 4) is 39.1 Å². The second-order valence-corrected chi connectivity index (χ2v) is 14.8. The van der Waals surface area contributed by atoms with Gasteiger partial charge in [-0.15, -0.1) is 0 Å². The first-order valence-corrected chi connectivity index (χ1v) is 19.1. The molecule has 55 heavy (non-hydrogen) atoms. The molecule has 12 rings (SSSR count). The van der Waals surface area contributed by atoms with Crippen molar-refractivity contribution < 1.29 is 0 Å². The van der Waals surface area contributed by atoms with E-state index in [1.165, 1.54) is 109 Å². The van der Waals surface area contributed by atoms with Crippen LogP contribution in [0.1, 0.15) is 0 Å². The average molecular weight is 696 g/mol. The van der Waals surface area contributed by atoms with E-state index in [0.717, 1.165) is 5.69 Å². The molecule has 1 heterocycles. The molecule has 254 valence electrons. The fourth-order valence-electron chi connectivity index (χ4n) is 9.53. The first-order valence-electron chi connectivity index (χ1n) is 19.1. The number of aromatic nitrogens is 1. The van der Waals surface area contributed by atoms with Gasteiger partial charge in [-0.2, -0.15) is 0 Å². The maximum Gasteiger partial charge on any atom is 0.0626 e. The topological polar surface area (TPSA) is 4.93 Å². The number of para-hydroxylation sites is 1. The van der Waals surface area contributed by atoms with Crippen LogP contribution in [0.5, 0.6) is 0 Å². The molecule has 0 aliphatic rings. The van der Waals surface area contributed by atoms with Gasteiger partial charge in [-0.1, -0.05) is 164 Å². The van der Waals surface area contributed by atoms with Crippen LogP contribution in [0.4, 0.5) is 0 Å². The van der Waals surface area contributed by atoms with E-state index in [0.29, 0.717) is 0 Å². The highest BCUT2D eigenvalue weighted by atomic mass is 15.0. The SMILES string of the molecule is c1ccc(-c2cc(-c3ccccc3)cc(-n3c4ccccc4c4c5cccc6cc(-c7cc8ccccc8c8ccccc78)c7cccc(c7c65)c43)c2)cc1. The summed E-state index contributed by atoms with van der Waals surface area (Å²) in [5.41, 5.74) is 11.0. The lowest BCUT2D eigenvalue weighted by Gasteiger charge is -2.19. The van der Waals surface area contributed by atoms with E-state index in [1.807, 2.05) is 0 Å². The molecule has 0 unspecified atom stereocenters. The highest BCUT2D eigenvalue weighted by Gasteiger charge is 2.23. The minimum atomic E-state index is 1.15. The van der Waals surface area contributed by atoms with Crippen molar-refractivity contribution >= 4 is 75.7 Å². The summed E-state index contributed by atoms with van der Waals surface area (Å²) in [5.74, 6) is 0. The molecular formula is C54H33N. The molecular weight excluding hydrogens is 663 g/mol. The quantitative estimate of drug-likeness (QED) is 0.162. The molecule has 0 spiro atoms. The number of benzene rings is 11. The zero-order valence-corrected chi connectivity index (χ0v) is 30.0. The van der Waals surface area contributed by atoms with Crippen molar-refractivity contribution in [3.05, 3.63) is 200 Å². The average Bonchev–Trinajstić information content (AvgIpc) is 3.62. The molecule has 0 atom stereocenters. The van der Waals surface area contributed by atoms with Gasteiger partial charge in [-0.3, -0.25) is 0 Å². The highest BCUT2D eigenvalue weighted by molar-refractivity contribution is 6.39. The Morgan fingerprint density at radius 1 is 0.273 bits per heavy atom. The summed E-state index contributed by atoms with van der Waals surface area (Å²) in [6.07, 6.45) is 0. The second kappa shape index (κ2) is 11.6. The summed E-state index contributed by atoms with van der Waals surface area (Å²) in [6.45, 7) is 0. The van der Waals surface area contributed by atoms with Crippen molar-refractivity contribution in [2.45, 2.75) is 0 Å². The van der Waals surface area contributed by atoms with Gasteiger partial charge < -0.3 is 4.57 Å². The Hall–Kier alpha value is -7.22. The minimum absolute atomic E-state index is 1.15. The predicted molar refractivity (Wildman–Crippen MR) is 236 cm³/mol. The van der Waals surface area contributed by atoms with Crippen molar-refractivity contribution in [2.75, 3.05) is 0 Å². The molecule has 0 bridgehead atoms. The summed E-state index contributed by atoms with van der Waals surface area (Å²) in [7, 11) is 0. The molecule has 0 saturated carbocycles. The van der Waals surface area contributed by atoms with E-state index in [2.05, 4.69) is 205 Å². The van der Waals surface area contributed by atoms with Gasteiger partial charge >= 0.3 is 0 Å². The lowest BCUT2D eigenvalue weighted by atomic mass is 9.85. The number of fused-ring (bicyclic) bond motifs is 8. The fourth-order valence-corrected chi connectivity index (χ4v) is 9.53. The third-order valence-corrected chi connectivity index (χ3v) is 11.8. The van der Waals surface area contributed by atoms with Crippen LogP contribution < -0.4 is 0 Å². The van der Waals surface area contributed by atoms with Gasteiger partial charge in [0.2, 0.25) is 0 Å². The monoisotopic (exact) mass is 695 g/mol. The Labute approximate surface area is 318 Å². The third kappa shape index (κ3) is 4.41. The third-order valence-electron chi connectivity index (χ3n) is 11.8. The maximum atomic E-state index is 2.54. The zero-order chi connectivity index (χ0) is 36.0. The van der Waals surface area contributed by atoms with Gasteiger partial charge in [0.05, 0.1) is 11.0 Å². The normalized spacial score (nSPS) is 12.0. The van der Waals surface area contributed by atoms with Crippen LogP contribution in [0.3, 0.4) is 0 Å². The van der Waals surface area contributed by atoms with Crippen molar-refractivity contribution in [1.82, 2.24) is 4.57 Å². The highest BCUT2D eigenvalue weighted by Crippen LogP contribution is 2.49. The largest absolute Gasteiger partial charge is 0.309 e. The summed E-state index contributed by atoms with van der Waals surface area (Å²) in [5, 5.41) is 15.5. The summed E-state index contributed by atoms with van der Waals surface area (Å²) in [4.78, 5) is 0. The van der Waals surface area contributed by atoms with Gasteiger partial charge in [-0.05, 0) is 113 Å². The fraction of sp³-hybridized carbons (Fsp3) is 0. The summed E-state index contributed by atoms with van der Waals surface area (Å²) < 4.78 is 2.54. The standard InChI is InChI=1S/C54H33N/c1-3-15-34(16-4-1)38-29-39(35-17-5-2-6-18-35)31-40(30-38)55-50-28-12-11-24-45(50)53-46-26-13-20-37-33-49(44-25-14-27-47(54(53)55)52(44)51(37)46)48-32-36-19-7-8-21-41(36)42-22-9-10-23-43(42)48/h1-33H. The molecule has 0 N–H and O–H groups in total. The van der Waals surface area contributed by atoms with Crippen LogP contribution in [-0.4, -0.2) is 4.57 Å². The van der Waals surface area contributed by atoms with E-state index in [-0.39, 0.29) is 0 Å². The number of nitrogens with zero attached hydrogens (tertiary/aromatic N) is 1. The van der Waals surface area contributed by atoms with Crippen LogP contribution in [-0.2, 0) is 0 Å². The van der Waals surface area contributed by atoms with Crippen LogP contribution >= 0.6 is 0 Å². The minimum Gasteiger partial charge on any atom is -0.309 e. The Kier molecular flexibility index (Phi) is 6.40. The molecule has 0 amide bonds. The molecule has 1 aromatic heterocycles. The number of hydrogen-bond acceptors (Lipinski definition) is 0. The Bertz CT molecular complexity index is 3400. The van der Waals surface area contributed by atoms with Crippen molar-refractivity contribution in [2.24, 2.45) is 0 Å².